The van der Waals surface area contributed by atoms with Crippen LogP contribution in [0, 0.1) is 0 Å². The fourth-order valence-electron chi connectivity index (χ4n) is 7.27. The number of fused-ring (bicyclic) bond motifs is 3. The van der Waals surface area contributed by atoms with Crippen molar-refractivity contribution in [2.45, 2.75) is 106 Å². The number of amides is 2. The first-order valence-corrected chi connectivity index (χ1v) is 20.1. The van der Waals surface area contributed by atoms with E-state index in [9.17, 15) is 18.0 Å². The molecule has 6 aliphatic rings. The monoisotopic (exact) mass is 788 g/mol. The maximum atomic E-state index is 11.2. The van der Waals surface area contributed by atoms with E-state index < -0.39 is 9.05 Å². The molecule has 0 aliphatic carbocycles. The molecule has 7 rings (SSSR count). The summed E-state index contributed by atoms with van der Waals surface area (Å²) >= 11 is 0. The Hall–Kier alpha value is -0.820. The van der Waals surface area contributed by atoms with E-state index in [1.807, 2.05) is 0 Å². The summed E-state index contributed by atoms with van der Waals surface area (Å²) in [5.74, 6) is 0.466. The Balaban J connectivity index is 0.000000647. The smallest absolute Gasteiger partial charge is 1.00 e. The van der Waals surface area contributed by atoms with Crippen molar-refractivity contribution in [2.75, 3.05) is 52.4 Å². The van der Waals surface area contributed by atoms with Gasteiger partial charge in [-0.3, -0.25) is 29.1 Å². The predicted molar refractivity (Wildman–Crippen MR) is 189 cm³/mol. The number of rotatable bonds is 2. The number of oxime groups is 1. The number of nitrogens with one attached hydrogen (secondary N) is 2. The van der Waals surface area contributed by atoms with E-state index in [1.165, 1.54) is 89.6 Å². The van der Waals surface area contributed by atoms with Gasteiger partial charge in [-0.1, -0.05) is 42.6 Å². The number of hydrogen-bond donors (Lipinski definition) is 3. The van der Waals surface area contributed by atoms with Crippen LogP contribution in [0.2, 0.25) is 0 Å². The van der Waals surface area contributed by atoms with Gasteiger partial charge in [0.25, 0.3) is 15.5 Å². The van der Waals surface area contributed by atoms with E-state index >= 15 is 0 Å². The Kier molecular flexibility index (Phi) is 26.2. The third-order valence-electron chi connectivity index (χ3n) is 9.91. The molecular weight excluding hydrogens is 734 g/mol. The number of piperidine rings is 4. The summed E-state index contributed by atoms with van der Waals surface area (Å²) in [6, 6.07) is 9.71. The topological polar surface area (TPSA) is 184 Å². The van der Waals surface area contributed by atoms with Crippen molar-refractivity contribution in [2.24, 2.45) is 5.16 Å². The largest absolute Gasteiger partial charge is 1.00 e. The molecule has 284 valence electrons. The molecule has 0 spiro atoms. The van der Waals surface area contributed by atoms with Gasteiger partial charge in [0.05, 0.1) is 10.6 Å². The Morgan fingerprint density at radius 2 is 1.31 bits per heavy atom. The van der Waals surface area contributed by atoms with Crippen LogP contribution in [0.4, 0.5) is 0 Å². The van der Waals surface area contributed by atoms with Gasteiger partial charge in [0.1, 0.15) is 0 Å². The molecule has 6 heterocycles. The number of benzene rings is 1. The quantitative estimate of drug-likeness (QED) is 0.0672. The maximum Gasteiger partial charge on any atom is 1.00 e. The van der Waals surface area contributed by atoms with Gasteiger partial charge in [-0.05, 0) is 70.3 Å². The summed E-state index contributed by atoms with van der Waals surface area (Å²) < 4.78 is 21.2. The van der Waals surface area contributed by atoms with Crippen molar-refractivity contribution in [3.63, 3.8) is 0 Å². The standard InChI is InChI=1S/3C9H16N2O.C6H5ClO2S.CH2O3.2Na.H/c12-10-8-4-6-11-5-2-1-3-9(11)7-8;12-9-7-8-3-1-2-5-11(8)6-4-10-9;12-9-4-6-11-5-2-1-3-8(11)7-10-9;7-10(8,9)6-4-2-1-3-5-6;2-1-4-3;;;/h9,12H,1-7H2;2*8H,1-7H2,(H,10,12);1-5H;1,3H;;;/q;;;;;2*+1;-1/p-1/b10-8+;;;;;;;. The summed E-state index contributed by atoms with van der Waals surface area (Å²) in [5.41, 5.74) is 0.998. The fraction of sp³-hybridized carbons (Fsp3) is 0.706. The molecule has 18 heteroatoms. The molecule has 1 aromatic carbocycles. The molecule has 3 N–H and O–H groups in total. The molecule has 1 aromatic rings. The zero-order valence-electron chi connectivity index (χ0n) is 31.9. The van der Waals surface area contributed by atoms with E-state index in [-0.39, 0.29) is 83.7 Å². The van der Waals surface area contributed by atoms with Crippen LogP contribution in [-0.4, -0.2) is 123 Å². The van der Waals surface area contributed by atoms with Gasteiger partial charge >= 0.3 is 59.1 Å². The first-order chi connectivity index (χ1) is 24.1. The molecule has 6 saturated heterocycles. The van der Waals surface area contributed by atoms with Gasteiger partial charge in [-0.15, -0.1) is 0 Å². The van der Waals surface area contributed by atoms with Crippen LogP contribution in [0.15, 0.2) is 40.4 Å². The summed E-state index contributed by atoms with van der Waals surface area (Å²) in [6.07, 6.45) is 15.1. The van der Waals surface area contributed by atoms with Crippen LogP contribution < -0.4 is 75.0 Å². The molecule has 0 aromatic heterocycles. The van der Waals surface area contributed by atoms with Crippen molar-refractivity contribution in [1.82, 2.24) is 25.3 Å². The molecule has 14 nitrogen and oxygen atoms in total. The van der Waals surface area contributed by atoms with Crippen LogP contribution in [0.1, 0.15) is 84.9 Å². The van der Waals surface area contributed by atoms with Gasteiger partial charge in [0.2, 0.25) is 11.8 Å². The minimum absolute atomic E-state index is 0. The number of hydrogen-bond acceptors (Lipinski definition) is 12. The number of halogens is 1. The molecule has 3 unspecified atom stereocenters. The van der Waals surface area contributed by atoms with Crippen LogP contribution >= 0.6 is 10.7 Å². The Bertz CT molecular complexity index is 1310. The van der Waals surface area contributed by atoms with E-state index in [2.05, 4.69) is 35.4 Å². The van der Waals surface area contributed by atoms with Gasteiger partial charge in [-0.2, -0.15) is 0 Å². The van der Waals surface area contributed by atoms with Crippen LogP contribution in [0.5, 0.6) is 0 Å². The second kappa shape index (κ2) is 27.7. The molecule has 2 amide bonds. The second-order valence-corrected chi connectivity index (χ2v) is 15.8. The van der Waals surface area contributed by atoms with Crippen LogP contribution in [0.25, 0.3) is 0 Å². The van der Waals surface area contributed by atoms with Crippen molar-refractivity contribution < 1.29 is 98.7 Å². The van der Waals surface area contributed by atoms with Crippen molar-refractivity contribution in [3.8, 4) is 0 Å². The van der Waals surface area contributed by atoms with Crippen LogP contribution in [0.3, 0.4) is 0 Å². The molecule has 0 bridgehead atoms. The minimum atomic E-state index is -3.53. The second-order valence-electron chi connectivity index (χ2n) is 13.2. The SMILES string of the molecule is O/N=C1\CCN2CCCCC2C1.O=C1CC2CCCCN2CCN1.O=C1CCN2CCCCC2CN1.O=CO[O-].O=S(=O)(Cl)c1ccccc1.[H-].[Na+].[Na+]. The van der Waals surface area contributed by atoms with Crippen molar-refractivity contribution >= 4 is 43.7 Å². The van der Waals surface area contributed by atoms with E-state index in [0.29, 0.717) is 24.5 Å². The molecule has 0 radical (unpaired) electrons. The first-order valence-electron chi connectivity index (χ1n) is 17.8. The van der Waals surface area contributed by atoms with Crippen LogP contribution in [-0.2, 0) is 28.3 Å². The molecule has 3 atom stereocenters. The summed E-state index contributed by atoms with van der Waals surface area (Å²) in [7, 11) is 1.50. The van der Waals surface area contributed by atoms with Crippen molar-refractivity contribution in [3.05, 3.63) is 30.3 Å². The Morgan fingerprint density at radius 1 is 0.788 bits per heavy atom. The zero-order valence-corrected chi connectivity index (χ0v) is 36.5. The first kappa shape index (κ1) is 49.2. The number of nitrogens with zero attached hydrogens (tertiary/aromatic N) is 4. The summed E-state index contributed by atoms with van der Waals surface area (Å²) in [4.78, 5) is 41.1. The third kappa shape index (κ3) is 18.7. The summed E-state index contributed by atoms with van der Waals surface area (Å²) in [5, 5.41) is 26.3. The van der Waals surface area contributed by atoms with Gasteiger partial charge in [0, 0.05) is 87.2 Å². The average Bonchev–Trinajstić information content (AvgIpc) is 3.46. The third-order valence-corrected chi connectivity index (χ3v) is 11.3. The zero-order chi connectivity index (χ0) is 36.2. The predicted octanol–water partition coefficient (Wildman–Crippen LogP) is -3.64. The van der Waals surface area contributed by atoms with Gasteiger partial charge in [0.15, 0.2) is 0 Å². The number of carbonyl (C=O) groups is 3. The van der Waals surface area contributed by atoms with E-state index in [0.717, 1.165) is 57.7 Å². The van der Waals surface area contributed by atoms with E-state index in [1.54, 1.807) is 18.2 Å². The average molecular weight is 789 g/mol. The number of carbonyl (C=O) groups excluding carboxylic acids is 3. The van der Waals surface area contributed by atoms with Gasteiger partial charge in [-0.25, -0.2) is 8.42 Å². The molecule has 6 aliphatic heterocycles. The maximum absolute atomic E-state index is 11.2. The minimum Gasteiger partial charge on any atom is -1.00 e. The Morgan fingerprint density at radius 3 is 1.85 bits per heavy atom. The molecule has 6 fully saturated rings. The summed E-state index contributed by atoms with van der Waals surface area (Å²) in [6.45, 7) is 8.30. The molecule has 0 saturated carbocycles. The molecular formula is C34H55ClN6Na2O8S. The van der Waals surface area contributed by atoms with Gasteiger partial charge < -0.3 is 27.4 Å². The van der Waals surface area contributed by atoms with E-state index in [4.69, 9.17) is 25.9 Å². The van der Waals surface area contributed by atoms with Crippen molar-refractivity contribution in [1.29, 1.82) is 0 Å². The molecule has 52 heavy (non-hydrogen) atoms. The normalized spacial score (nSPS) is 25.4. The fourth-order valence-corrected chi connectivity index (χ4v) is 8.06. The Labute approximate surface area is 359 Å².